The second-order valence-corrected chi connectivity index (χ2v) is 3.41. The molecule has 73 valence electrons. The SMILES string of the molecule is COC(=O)CC=CCCCC1[CH]C1. The van der Waals surface area contributed by atoms with E-state index in [9.17, 15) is 4.79 Å². The first kappa shape index (κ1) is 10.3. The quantitative estimate of drug-likeness (QED) is 0.357. The smallest absolute Gasteiger partial charge is 0.309 e. The summed E-state index contributed by atoms with van der Waals surface area (Å²) < 4.78 is 4.51. The van der Waals surface area contributed by atoms with Crippen LogP contribution in [0.1, 0.15) is 32.1 Å². The number of rotatable bonds is 6. The van der Waals surface area contributed by atoms with E-state index < -0.39 is 0 Å². The predicted octanol–water partition coefficient (Wildman–Crippen LogP) is 2.50. The van der Waals surface area contributed by atoms with Crippen molar-refractivity contribution in [3.05, 3.63) is 18.6 Å². The first-order valence-electron chi connectivity index (χ1n) is 4.88. The highest BCUT2D eigenvalue weighted by molar-refractivity contribution is 5.70. The van der Waals surface area contributed by atoms with E-state index in [2.05, 4.69) is 17.2 Å². The van der Waals surface area contributed by atoms with Gasteiger partial charge in [0.2, 0.25) is 0 Å². The maximum Gasteiger partial charge on any atom is 0.309 e. The lowest BCUT2D eigenvalue weighted by Crippen LogP contribution is -1.96. The number of hydrogen-bond donors (Lipinski definition) is 0. The normalized spacial score (nSPS) is 16.4. The molecule has 0 saturated heterocycles. The van der Waals surface area contributed by atoms with Gasteiger partial charge in [-0.2, -0.15) is 0 Å². The molecule has 0 aromatic carbocycles. The fourth-order valence-corrected chi connectivity index (χ4v) is 1.21. The molecule has 0 aromatic rings. The molecule has 0 amide bonds. The van der Waals surface area contributed by atoms with E-state index in [1.54, 1.807) is 0 Å². The van der Waals surface area contributed by atoms with E-state index in [1.807, 2.05) is 6.08 Å². The number of hydrogen-bond acceptors (Lipinski definition) is 2. The lowest BCUT2D eigenvalue weighted by atomic mass is 10.1. The summed E-state index contributed by atoms with van der Waals surface area (Å²) in [5, 5.41) is 0. The number of allylic oxidation sites excluding steroid dienone is 1. The largest absolute Gasteiger partial charge is 0.469 e. The first-order valence-corrected chi connectivity index (χ1v) is 4.88. The van der Waals surface area contributed by atoms with E-state index in [0.717, 1.165) is 12.3 Å². The van der Waals surface area contributed by atoms with Crippen molar-refractivity contribution in [2.24, 2.45) is 5.92 Å². The van der Waals surface area contributed by atoms with Crippen LogP contribution in [0, 0.1) is 12.3 Å². The summed E-state index contributed by atoms with van der Waals surface area (Å²) in [6.45, 7) is 0. The highest BCUT2D eigenvalue weighted by atomic mass is 16.5. The summed E-state index contributed by atoms with van der Waals surface area (Å²) in [6, 6.07) is 0. The van der Waals surface area contributed by atoms with Gasteiger partial charge in [-0.1, -0.05) is 12.2 Å². The zero-order chi connectivity index (χ0) is 9.52. The van der Waals surface area contributed by atoms with Crippen LogP contribution in [0.25, 0.3) is 0 Å². The monoisotopic (exact) mass is 181 g/mol. The van der Waals surface area contributed by atoms with Crippen LogP contribution in [0.2, 0.25) is 0 Å². The molecule has 2 heteroatoms. The molecule has 1 unspecified atom stereocenters. The number of esters is 1. The Bertz CT molecular complexity index is 181. The molecule has 0 spiro atoms. The molecule has 0 bridgehead atoms. The Labute approximate surface area is 80.0 Å². The maximum atomic E-state index is 10.7. The Balaban J connectivity index is 1.88. The molecule has 0 aromatic heterocycles. The molecule has 1 rings (SSSR count). The second-order valence-electron chi connectivity index (χ2n) is 3.41. The molecular formula is C11H17O2. The molecule has 1 aliphatic carbocycles. The van der Waals surface area contributed by atoms with Gasteiger partial charge in [0.15, 0.2) is 0 Å². The van der Waals surface area contributed by atoms with E-state index in [-0.39, 0.29) is 5.97 Å². The average Bonchev–Trinajstić information content (AvgIpc) is 2.94. The molecule has 0 heterocycles. The highest BCUT2D eigenvalue weighted by Gasteiger charge is 2.20. The molecular weight excluding hydrogens is 164 g/mol. The van der Waals surface area contributed by atoms with E-state index >= 15 is 0 Å². The Kier molecular flexibility index (Phi) is 4.58. The number of carbonyl (C=O) groups excluding carboxylic acids is 1. The standard InChI is InChI=1S/C11H17O2/c1-13-11(12)7-5-3-2-4-6-10-8-9-10/h3,5,8,10H,2,4,6-7,9H2,1H3. The molecule has 2 nitrogen and oxygen atoms in total. The Morgan fingerprint density at radius 3 is 3.00 bits per heavy atom. The summed E-state index contributed by atoms with van der Waals surface area (Å²) in [5.74, 6) is 0.737. The summed E-state index contributed by atoms with van der Waals surface area (Å²) in [6.07, 6.45) is 11.7. The summed E-state index contributed by atoms with van der Waals surface area (Å²) in [7, 11) is 1.42. The molecule has 1 aliphatic rings. The Morgan fingerprint density at radius 1 is 1.62 bits per heavy atom. The fourth-order valence-electron chi connectivity index (χ4n) is 1.21. The second kappa shape index (κ2) is 5.79. The molecule has 0 aliphatic heterocycles. The molecule has 0 N–H and O–H groups in total. The predicted molar refractivity (Wildman–Crippen MR) is 52.0 cm³/mol. The van der Waals surface area contributed by atoms with Crippen molar-refractivity contribution in [2.45, 2.75) is 32.1 Å². The van der Waals surface area contributed by atoms with E-state index in [1.165, 1.54) is 26.4 Å². The number of carbonyl (C=O) groups is 1. The summed E-state index contributed by atoms with van der Waals surface area (Å²) in [5.41, 5.74) is 0. The number of ether oxygens (including phenoxy) is 1. The van der Waals surface area contributed by atoms with Crippen molar-refractivity contribution in [1.82, 2.24) is 0 Å². The topological polar surface area (TPSA) is 26.3 Å². The summed E-state index contributed by atoms with van der Waals surface area (Å²) >= 11 is 0. The average molecular weight is 181 g/mol. The Hall–Kier alpha value is -0.790. The fraction of sp³-hybridized carbons (Fsp3) is 0.636. The van der Waals surface area contributed by atoms with Gasteiger partial charge in [-0.3, -0.25) is 4.79 Å². The van der Waals surface area contributed by atoms with Gasteiger partial charge in [0.05, 0.1) is 13.5 Å². The zero-order valence-corrected chi connectivity index (χ0v) is 8.16. The molecule has 1 fully saturated rings. The van der Waals surface area contributed by atoms with E-state index in [4.69, 9.17) is 0 Å². The van der Waals surface area contributed by atoms with Gasteiger partial charge >= 0.3 is 5.97 Å². The van der Waals surface area contributed by atoms with Crippen molar-refractivity contribution in [2.75, 3.05) is 7.11 Å². The van der Waals surface area contributed by atoms with Crippen molar-refractivity contribution in [1.29, 1.82) is 0 Å². The minimum Gasteiger partial charge on any atom is -0.469 e. The third-order valence-electron chi connectivity index (χ3n) is 2.19. The van der Waals surface area contributed by atoms with Crippen LogP contribution in [0.3, 0.4) is 0 Å². The minimum atomic E-state index is -0.160. The van der Waals surface area contributed by atoms with Crippen LogP contribution in [0.4, 0.5) is 0 Å². The van der Waals surface area contributed by atoms with Crippen molar-refractivity contribution < 1.29 is 9.53 Å². The van der Waals surface area contributed by atoms with Gasteiger partial charge in [-0.25, -0.2) is 0 Å². The van der Waals surface area contributed by atoms with E-state index in [0.29, 0.717) is 6.42 Å². The lowest BCUT2D eigenvalue weighted by Gasteiger charge is -1.94. The molecule has 1 radical (unpaired) electrons. The molecule has 13 heavy (non-hydrogen) atoms. The zero-order valence-electron chi connectivity index (χ0n) is 8.16. The van der Waals surface area contributed by atoms with Crippen molar-refractivity contribution in [3.8, 4) is 0 Å². The van der Waals surface area contributed by atoms with Crippen LogP contribution in [0.15, 0.2) is 12.2 Å². The third kappa shape index (κ3) is 5.45. The Morgan fingerprint density at radius 2 is 2.38 bits per heavy atom. The van der Waals surface area contributed by atoms with Gasteiger partial charge in [0.1, 0.15) is 0 Å². The highest BCUT2D eigenvalue weighted by Crippen LogP contribution is 2.32. The van der Waals surface area contributed by atoms with Crippen LogP contribution in [0.5, 0.6) is 0 Å². The number of methoxy groups -OCH3 is 1. The van der Waals surface area contributed by atoms with Gasteiger partial charge in [0.25, 0.3) is 0 Å². The molecule has 1 saturated carbocycles. The lowest BCUT2D eigenvalue weighted by molar-refractivity contribution is -0.139. The van der Waals surface area contributed by atoms with Crippen LogP contribution in [-0.2, 0) is 9.53 Å². The van der Waals surface area contributed by atoms with Crippen LogP contribution < -0.4 is 0 Å². The van der Waals surface area contributed by atoms with Gasteiger partial charge < -0.3 is 4.74 Å². The van der Waals surface area contributed by atoms with Crippen molar-refractivity contribution in [3.63, 3.8) is 0 Å². The summed E-state index contributed by atoms with van der Waals surface area (Å²) in [4.78, 5) is 10.7. The van der Waals surface area contributed by atoms with Crippen LogP contribution >= 0.6 is 0 Å². The minimum absolute atomic E-state index is 0.160. The van der Waals surface area contributed by atoms with Crippen molar-refractivity contribution >= 4 is 5.97 Å². The van der Waals surface area contributed by atoms with Gasteiger partial charge in [-0.05, 0) is 38.0 Å². The first-order chi connectivity index (χ1) is 6.33. The van der Waals surface area contributed by atoms with Gasteiger partial charge in [-0.15, -0.1) is 0 Å². The maximum absolute atomic E-state index is 10.7. The van der Waals surface area contributed by atoms with Crippen LogP contribution in [-0.4, -0.2) is 13.1 Å². The van der Waals surface area contributed by atoms with Gasteiger partial charge in [0, 0.05) is 0 Å². The number of unbranched alkanes of at least 4 members (excludes halogenated alkanes) is 1. The molecule has 1 atom stereocenters. The third-order valence-corrected chi connectivity index (χ3v) is 2.19.